The third kappa shape index (κ3) is 16.3. The molecule has 3 unspecified atom stereocenters. The molecule has 0 amide bonds. The summed E-state index contributed by atoms with van der Waals surface area (Å²) in [6.07, 6.45) is 19.5. The molecule has 2 aromatic heterocycles. The fraction of sp³-hybridized carbons (Fsp3) is 0.694. The molecule has 0 saturated carbocycles. The van der Waals surface area contributed by atoms with E-state index in [2.05, 4.69) is 21.9 Å². The van der Waals surface area contributed by atoms with Crippen LogP contribution in [0.4, 0.5) is 10.3 Å². The summed E-state index contributed by atoms with van der Waals surface area (Å²) in [6.45, 7) is 3.69. The zero-order valence-electron chi connectivity index (χ0n) is 29.7. The molecule has 276 valence electrons. The van der Waals surface area contributed by atoms with E-state index in [9.17, 15) is 13.8 Å². The van der Waals surface area contributed by atoms with E-state index in [0.717, 1.165) is 18.4 Å². The predicted molar refractivity (Wildman–Crippen MR) is 193 cm³/mol. The molecule has 2 heterocycles. The largest absolute Gasteiger partial charge is 0.376 e. The van der Waals surface area contributed by atoms with E-state index in [4.69, 9.17) is 24.3 Å². The Hall–Kier alpha value is -2.63. The Balaban J connectivity index is 1.35. The minimum absolute atomic E-state index is 0.0380. The number of nitrogen functional groups attached to an aromatic ring is 1. The van der Waals surface area contributed by atoms with Gasteiger partial charge in [0.15, 0.2) is 11.2 Å². The van der Waals surface area contributed by atoms with Crippen molar-refractivity contribution in [2.45, 2.75) is 136 Å². The lowest BCUT2D eigenvalue weighted by atomic mass is 10.0. The lowest BCUT2D eigenvalue weighted by Crippen LogP contribution is -2.24. The number of benzene rings is 1. The second kappa shape index (κ2) is 23.7. The molecule has 0 radical (unpaired) electrons. The summed E-state index contributed by atoms with van der Waals surface area (Å²) in [5, 5.41) is 0. The first kappa shape index (κ1) is 40.8. The molecular weight excluding hydrogens is 648 g/mol. The number of ether oxygens (including phenoxy) is 2. The topological polar surface area (TPSA) is 144 Å². The van der Waals surface area contributed by atoms with Crippen molar-refractivity contribution in [1.29, 1.82) is 0 Å². The summed E-state index contributed by atoms with van der Waals surface area (Å²) >= 11 is 0. The van der Waals surface area contributed by atoms with Gasteiger partial charge in [-0.3, -0.25) is 14.3 Å². The number of aromatic amines is 1. The number of anilines is 1. The molecule has 13 heteroatoms. The van der Waals surface area contributed by atoms with Crippen LogP contribution >= 0.6 is 7.60 Å². The summed E-state index contributed by atoms with van der Waals surface area (Å²) in [6, 6.07) is 9.29. The highest BCUT2D eigenvalue weighted by Gasteiger charge is 2.28. The van der Waals surface area contributed by atoms with E-state index in [1.54, 1.807) is 0 Å². The average molecular weight is 708 g/mol. The van der Waals surface area contributed by atoms with Gasteiger partial charge in [-0.2, -0.15) is 4.98 Å². The maximum Gasteiger partial charge on any atom is 0.356 e. The van der Waals surface area contributed by atoms with Gasteiger partial charge in [0.2, 0.25) is 5.95 Å². The molecule has 0 aliphatic heterocycles. The maximum absolute atomic E-state index is 14.1. The number of nitrogens with one attached hydrogen (secondary N) is 1. The number of nitrogens with zero attached hydrogens (tertiary/aromatic N) is 3. The monoisotopic (exact) mass is 707 g/mol. The summed E-state index contributed by atoms with van der Waals surface area (Å²) in [4.78, 5) is 22.6. The van der Waals surface area contributed by atoms with Crippen LogP contribution < -0.4 is 11.3 Å². The van der Waals surface area contributed by atoms with Crippen molar-refractivity contribution in [1.82, 2.24) is 19.5 Å². The van der Waals surface area contributed by atoms with E-state index in [1.165, 1.54) is 94.4 Å². The van der Waals surface area contributed by atoms with Crippen molar-refractivity contribution in [3.63, 3.8) is 0 Å². The van der Waals surface area contributed by atoms with Crippen LogP contribution in [0.25, 0.3) is 11.2 Å². The minimum Gasteiger partial charge on any atom is -0.376 e. The number of hydrogen-bond acceptors (Lipinski definition) is 9. The summed E-state index contributed by atoms with van der Waals surface area (Å²) < 4.78 is 52.4. The Bertz CT molecular complexity index is 1410. The number of imidazole rings is 1. The molecule has 49 heavy (non-hydrogen) atoms. The Morgan fingerprint density at radius 3 is 2.16 bits per heavy atom. The molecule has 3 rings (SSSR count). The standard InChI is InChI=1S/C36H59FN5O6P/c1-3-4-5-6-7-8-9-10-11-12-13-14-15-17-20-30(2)45-23-24-47-49(44,48-27-31-21-18-16-19-22-31)29-46-32(25-37)26-42-28-39-33-34(42)40-36(38)41-35(33)43/h16,18-19,21-22,28,30,32H,3-15,17,20,23-27,29H2,1-2H3,(H3,38,40,41,43). The molecule has 0 saturated heterocycles. The number of H-pyrrole nitrogens is 1. The van der Waals surface area contributed by atoms with Gasteiger partial charge in [0.05, 0.1) is 38.8 Å². The molecular formula is C36H59FN5O6P. The molecule has 0 aliphatic carbocycles. The highest BCUT2D eigenvalue weighted by molar-refractivity contribution is 7.53. The van der Waals surface area contributed by atoms with E-state index < -0.39 is 32.3 Å². The van der Waals surface area contributed by atoms with Crippen LogP contribution in [0.5, 0.6) is 0 Å². The molecule has 0 spiro atoms. The van der Waals surface area contributed by atoms with Crippen LogP contribution in [0.1, 0.15) is 116 Å². The number of alkyl halides is 1. The minimum atomic E-state index is -3.80. The van der Waals surface area contributed by atoms with Crippen molar-refractivity contribution in [2.75, 3.05) is 32.0 Å². The Morgan fingerprint density at radius 1 is 0.898 bits per heavy atom. The quantitative estimate of drug-likeness (QED) is 0.0535. The first-order valence-electron chi connectivity index (χ1n) is 18.3. The summed E-state index contributed by atoms with van der Waals surface area (Å²) in [5.41, 5.74) is 6.25. The molecule has 11 nitrogen and oxygen atoms in total. The smallest absolute Gasteiger partial charge is 0.356 e. The molecule has 3 aromatic rings. The van der Waals surface area contributed by atoms with E-state index >= 15 is 0 Å². The fourth-order valence-electron chi connectivity index (χ4n) is 5.66. The van der Waals surface area contributed by atoms with Crippen LogP contribution in [0.2, 0.25) is 0 Å². The molecule has 3 N–H and O–H groups in total. The fourth-order valence-corrected chi connectivity index (χ4v) is 6.98. The lowest BCUT2D eigenvalue weighted by molar-refractivity contribution is 0.0195. The summed E-state index contributed by atoms with van der Waals surface area (Å²) in [5.74, 6) is -0.0831. The average Bonchev–Trinajstić information content (AvgIpc) is 3.50. The number of unbranched alkanes of at least 4 members (excludes halogenated alkanes) is 13. The first-order valence-corrected chi connectivity index (χ1v) is 20.0. The molecule has 1 aromatic carbocycles. The highest BCUT2D eigenvalue weighted by Crippen LogP contribution is 2.49. The normalized spacial score (nSPS) is 14.3. The lowest BCUT2D eigenvalue weighted by Gasteiger charge is -2.22. The van der Waals surface area contributed by atoms with Gasteiger partial charge in [0, 0.05) is 0 Å². The third-order valence-electron chi connectivity index (χ3n) is 8.54. The van der Waals surface area contributed by atoms with Gasteiger partial charge in [-0.05, 0) is 18.9 Å². The van der Waals surface area contributed by atoms with Crippen molar-refractivity contribution >= 4 is 24.7 Å². The summed E-state index contributed by atoms with van der Waals surface area (Å²) in [7, 11) is -3.80. The van der Waals surface area contributed by atoms with Gasteiger partial charge in [-0.15, -0.1) is 0 Å². The van der Waals surface area contributed by atoms with Crippen molar-refractivity contribution in [2.24, 2.45) is 0 Å². The van der Waals surface area contributed by atoms with Gasteiger partial charge in [0.1, 0.15) is 19.1 Å². The molecule has 0 aliphatic rings. The Kier molecular flexibility index (Phi) is 19.7. The van der Waals surface area contributed by atoms with Gasteiger partial charge in [0.25, 0.3) is 5.56 Å². The van der Waals surface area contributed by atoms with Crippen molar-refractivity contribution < 1.29 is 27.5 Å². The molecule has 3 atom stereocenters. The first-order chi connectivity index (χ1) is 23.8. The van der Waals surface area contributed by atoms with Crippen LogP contribution in [-0.4, -0.2) is 58.0 Å². The van der Waals surface area contributed by atoms with Crippen molar-refractivity contribution in [3.8, 4) is 0 Å². The Labute approximate surface area is 291 Å². The van der Waals surface area contributed by atoms with Gasteiger partial charge < -0.3 is 28.8 Å². The number of halogens is 1. The zero-order chi connectivity index (χ0) is 35.2. The van der Waals surface area contributed by atoms with Crippen LogP contribution in [0.3, 0.4) is 0 Å². The second-order valence-corrected chi connectivity index (χ2v) is 14.9. The van der Waals surface area contributed by atoms with Gasteiger partial charge >= 0.3 is 7.60 Å². The zero-order valence-corrected chi connectivity index (χ0v) is 30.6. The number of fused-ring (bicyclic) bond motifs is 1. The van der Waals surface area contributed by atoms with Gasteiger partial charge in [-0.1, -0.05) is 127 Å². The van der Waals surface area contributed by atoms with Crippen LogP contribution in [0, 0.1) is 0 Å². The predicted octanol–water partition coefficient (Wildman–Crippen LogP) is 8.72. The number of aromatic nitrogens is 4. The van der Waals surface area contributed by atoms with E-state index in [1.807, 2.05) is 37.3 Å². The maximum atomic E-state index is 14.1. The molecule has 0 fully saturated rings. The number of nitrogens with two attached hydrogens (primary N) is 1. The van der Waals surface area contributed by atoms with E-state index in [0.29, 0.717) is 0 Å². The second-order valence-electron chi connectivity index (χ2n) is 12.9. The third-order valence-corrected chi connectivity index (χ3v) is 10.1. The van der Waals surface area contributed by atoms with Gasteiger partial charge in [-0.25, -0.2) is 9.37 Å². The van der Waals surface area contributed by atoms with Crippen LogP contribution in [0.15, 0.2) is 41.5 Å². The molecule has 0 bridgehead atoms. The Morgan fingerprint density at radius 2 is 1.53 bits per heavy atom. The number of hydrogen-bond donors (Lipinski definition) is 2. The highest BCUT2D eigenvalue weighted by atomic mass is 31.2. The number of rotatable bonds is 29. The SMILES string of the molecule is CCCCCCCCCCCCCCCCC(C)OCCOP(=O)(COC(CF)Cn1cnc2c(=O)[nH]c(N)nc21)OCc1ccccc1. The van der Waals surface area contributed by atoms with Crippen LogP contribution in [-0.2, 0) is 36.2 Å². The van der Waals surface area contributed by atoms with E-state index in [-0.39, 0.29) is 49.6 Å². The van der Waals surface area contributed by atoms with Crippen molar-refractivity contribution in [3.05, 3.63) is 52.6 Å².